The Kier molecular flexibility index (Phi) is 2.54. The minimum absolute atomic E-state index is 0.314. The first-order chi connectivity index (χ1) is 7.93. The molecule has 0 bridgehead atoms. The highest BCUT2D eigenvalue weighted by atomic mass is 16.5. The van der Waals surface area contributed by atoms with E-state index >= 15 is 0 Å². The Labute approximate surface area is 94.8 Å². The van der Waals surface area contributed by atoms with Crippen LogP contribution in [0.25, 0.3) is 10.9 Å². The van der Waals surface area contributed by atoms with Gasteiger partial charge >= 0.3 is 0 Å². The van der Waals surface area contributed by atoms with E-state index in [1.165, 1.54) is 11.8 Å². The lowest BCUT2D eigenvalue weighted by Crippen LogP contribution is -2.37. The third-order valence-corrected chi connectivity index (χ3v) is 3.10. The zero-order valence-corrected chi connectivity index (χ0v) is 9.20. The topological polar surface area (TPSA) is 37.0 Å². The summed E-state index contributed by atoms with van der Waals surface area (Å²) in [7, 11) is 0. The lowest BCUT2D eigenvalue weighted by Gasteiger charge is -2.24. The van der Waals surface area contributed by atoms with E-state index in [1.807, 2.05) is 18.3 Å². The van der Waals surface area contributed by atoms with Crippen LogP contribution in [0.1, 0.15) is 12.8 Å². The molecule has 3 rings (SSSR count). The molecule has 16 heavy (non-hydrogen) atoms. The first kappa shape index (κ1) is 9.73. The molecule has 3 nitrogen and oxygen atoms in total. The Morgan fingerprint density at radius 1 is 1.25 bits per heavy atom. The van der Waals surface area contributed by atoms with Crippen LogP contribution in [0.3, 0.4) is 0 Å². The van der Waals surface area contributed by atoms with E-state index in [9.17, 15) is 0 Å². The van der Waals surface area contributed by atoms with Crippen molar-refractivity contribution in [2.75, 3.05) is 13.1 Å². The fourth-order valence-corrected chi connectivity index (χ4v) is 2.26. The number of benzene rings is 1. The lowest BCUT2D eigenvalue weighted by atomic mass is 10.1. The van der Waals surface area contributed by atoms with E-state index in [0.29, 0.717) is 6.10 Å². The van der Waals surface area contributed by atoms with Gasteiger partial charge in [-0.2, -0.15) is 0 Å². The highest BCUT2D eigenvalue weighted by Gasteiger charge is 2.15. The number of aromatic amines is 1. The van der Waals surface area contributed by atoms with Crippen molar-refractivity contribution < 1.29 is 4.74 Å². The standard InChI is InChI=1S/C13H16N2O/c1-4-12-11(6-8-15-12)13(5-1)16-10-3-2-7-14-9-10/h1,4-6,8,10,14-15H,2-3,7,9H2. The van der Waals surface area contributed by atoms with Gasteiger partial charge < -0.3 is 15.0 Å². The van der Waals surface area contributed by atoms with Gasteiger partial charge in [0.15, 0.2) is 0 Å². The molecule has 0 spiro atoms. The molecule has 1 aromatic carbocycles. The predicted molar refractivity (Wildman–Crippen MR) is 64.8 cm³/mol. The van der Waals surface area contributed by atoms with Gasteiger partial charge in [0.2, 0.25) is 0 Å². The summed E-state index contributed by atoms with van der Waals surface area (Å²) in [6.45, 7) is 2.08. The average molecular weight is 216 g/mol. The van der Waals surface area contributed by atoms with Gasteiger partial charge in [0, 0.05) is 23.6 Å². The van der Waals surface area contributed by atoms with Gasteiger partial charge in [0.25, 0.3) is 0 Å². The van der Waals surface area contributed by atoms with Gasteiger partial charge in [0.1, 0.15) is 11.9 Å². The maximum atomic E-state index is 6.04. The van der Waals surface area contributed by atoms with Crippen molar-refractivity contribution in [2.24, 2.45) is 0 Å². The fourth-order valence-electron chi connectivity index (χ4n) is 2.26. The molecule has 2 N–H and O–H groups in total. The van der Waals surface area contributed by atoms with Gasteiger partial charge in [-0.25, -0.2) is 0 Å². The van der Waals surface area contributed by atoms with Gasteiger partial charge in [-0.3, -0.25) is 0 Å². The Bertz CT molecular complexity index is 471. The van der Waals surface area contributed by atoms with E-state index in [1.54, 1.807) is 0 Å². The van der Waals surface area contributed by atoms with E-state index in [-0.39, 0.29) is 0 Å². The zero-order chi connectivity index (χ0) is 10.8. The van der Waals surface area contributed by atoms with Crippen molar-refractivity contribution in [3.63, 3.8) is 0 Å². The van der Waals surface area contributed by atoms with Gasteiger partial charge in [-0.15, -0.1) is 0 Å². The number of hydrogen-bond acceptors (Lipinski definition) is 2. The summed E-state index contributed by atoms with van der Waals surface area (Å²) in [5, 5.41) is 4.54. The zero-order valence-electron chi connectivity index (χ0n) is 9.20. The van der Waals surface area contributed by atoms with Crippen LogP contribution in [0.15, 0.2) is 30.5 Å². The number of piperidine rings is 1. The largest absolute Gasteiger partial charge is 0.488 e. The van der Waals surface area contributed by atoms with Crippen LogP contribution >= 0.6 is 0 Å². The number of H-pyrrole nitrogens is 1. The number of fused-ring (bicyclic) bond motifs is 1. The first-order valence-corrected chi connectivity index (χ1v) is 5.87. The van der Waals surface area contributed by atoms with Crippen LogP contribution in [-0.2, 0) is 0 Å². The highest BCUT2D eigenvalue weighted by Crippen LogP contribution is 2.26. The van der Waals surface area contributed by atoms with Gasteiger partial charge in [0.05, 0.1) is 0 Å². The molecule has 1 aliphatic rings. The van der Waals surface area contributed by atoms with Crippen molar-refractivity contribution in [1.29, 1.82) is 0 Å². The van der Waals surface area contributed by atoms with Crippen LogP contribution < -0.4 is 10.1 Å². The van der Waals surface area contributed by atoms with E-state index in [2.05, 4.69) is 22.4 Å². The summed E-state index contributed by atoms with van der Waals surface area (Å²) in [6, 6.07) is 8.22. The van der Waals surface area contributed by atoms with Gasteiger partial charge in [-0.1, -0.05) is 6.07 Å². The third kappa shape index (κ3) is 1.78. The van der Waals surface area contributed by atoms with Crippen molar-refractivity contribution >= 4 is 10.9 Å². The molecule has 0 saturated carbocycles. The molecule has 0 radical (unpaired) electrons. The smallest absolute Gasteiger partial charge is 0.129 e. The Morgan fingerprint density at radius 3 is 3.12 bits per heavy atom. The molecular formula is C13H16N2O. The SMILES string of the molecule is c1cc(OC2CCCNC2)c2cc[nH]c2c1. The molecule has 1 fully saturated rings. The minimum atomic E-state index is 0.314. The summed E-state index contributed by atoms with van der Waals surface area (Å²) in [4.78, 5) is 3.20. The molecule has 0 amide bonds. The monoisotopic (exact) mass is 216 g/mol. The maximum Gasteiger partial charge on any atom is 0.129 e. The Hall–Kier alpha value is -1.48. The average Bonchev–Trinajstić information content (AvgIpc) is 2.80. The van der Waals surface area contributed by atoms with Crippen LogP contribution in [-0.4, -0.2) is 24.2 Å². The summed E-state index contributed by atoms with van der Waals surface area (Å²) >= 11 is 0. The molecule has 1 atom stereocenters. The Morgan fingerprint density at radius 2 is 2.25 bits per heavy atom. The molecule has 1 unspecified atom stereocenters. The lowest BCUT2D eigenvalue weighted by molar-refractivity contribution is 0.169. The minimum Gasteiger partial charge on any atom is -0.488 e. The summed E-state index contributed by atoms with van der Waals surface area (Å²) in [5.41, 5.74) is 1.14. The first-order valence-electron chi connectivity index (χ1n) is 5.87. The van der Waals surface area contributed by atoms with Crippen LogP contribution in [0.5, 0.6) is 5.75 Å². The van der Waals surface area contributed by atoms with E-state index in [4.69, 9.17) is 4.74 Å². The molecule has 1 aliphatic heterocycles. The molecule has 1 saturated heterocycles. The molecular weight excluding hydrogens is 200 g/mol. The fraction of sp³-hybridized carbons (Fsp3) is 0.385. The van der Waals surface area contributed by atoms with Crippen molar-refractivity contribution in [1.82, 2.24) is 10.3 Å². The third-order valence-electron chi connectivity index (χ3n) is 3.10. The second-order valence-corrected chi connectivity index (χ2v) is 4.28. The number of nitrogens with one attached hydrogen (secondary N) is 2. The van der Waals surface area contributed by atoms with E-state index in [0.717, 1.165) is 30.8 Å². The number of hydrogen-bond donors (Lipinski definition) is 2. The van der Waals surface area contributed by atoms with Crippen LogP contribution in [0.2, 0.25) is 0 Å². The second-order valence-electron chi connectivity index (χ2n) is 4.28. The molecule has 84 valence electrons. The van der Waals surface area contributed by atoms with Crippen LogP contribution in [0.4, 0.5) is 0 Å². The van der Waals surface area contributed by atoms with Crippen LogP contribution in [0, 0.1) is 0 Å². The predicted octanol–water partition coefficient (Wildman–Crippen LogP) is 2.30. The summed E-state index contributed by atoms with van der Waals surface area (Å²) in [5.74, 6) is 0.993. The summed E-state index contributed by atoms with van der Waals surface area (Å²) in [6.07, 6.45) is 4.62. The van der Waals surface area contributed by atoms with Gasteiger partial charge in [-0.05, 0) is 37.6 Å². The second kappa shape index (κ2) is 4.18. The van der Waals surface area contributed by atoms with Crippen molar-refractivity contribution in [3.8, 4) is 5.75 Å². The Balaban J connectivity index is 1.85. The molecule has 0 aliphatic carbocycles. The number of rotatable bonds is 2. The molecule has 2 aromatic rings. The van der Waals surface area contributed by atoms with Crippen molar-refractivity contribution in [2.45, 2.75) is 18.9 Å². The summed E-state index contributed by atoms with van der Waals surface area (Å²) < 4.78 is 6.04. The molecule has 1 aromatic heterocycles. The highest BCUT2D eigenvalue weighted by molar-refractivity contribution is 5.85. The van der Waals surface area contributed by atoms with Crippen molar-refractivity contribution in [3.05, 3.63) is 30.5 Å². The molecule has 3 heteroatoms. The maximum absolute atomic E-state index is 6.04. The normalized spacial score (nSPS) is 21.1. The number of ether oxygens (including phenoxy) is 1. The number of aromatic nitrogens is 1. The molecule has 2 heterocycles. The van der Waals surface area contributed by atoms with E-state index < -0.39 is 0 Å². The quantitative estimate of drug-likeness (QED) is 0.808.